The zero-order chi connectivity index (χ0) is 21.4. The number of halogens is 4. The molecule has 0 saturated heterocycles. The number of alkyl halides is 2. The van der Waals surface area contributed by atoms with Gasteiger partial charge in [-0.3, -0.25) is 14.5 Å². The van der Waals surface area contributed by atoms with Gasteiger partial charge in [0.1, 0.15) is 17.4 Å². The van der Waals surface area contributed by atoms with Crippen molar-refractivity contribution in [2.75, 3.05) is 5.32 Å². The van der Waals surface area contributed by atoms with Crippen LogP contribution >= 0.6 is 27.5 Å². The van der Waals surface area contributed by atoms with E-state index in [0.717, 1.165) is 0 Å². The first-order chi connectivity index (χ1) is 14.3. The van der Waals surface area contributed by atoms with Crippen LogP contribution in [-0.4, -0.2) is 45.9 Å². The second-order valence-electron chi connectivity index (χ2n) is 6.42. The van der Waals surface area contributed by atoms with E-state index in [0.29, 0.717) is 10.2 Å². The minimum atomic E-state index is -3.04. The summed E-state index contributed by atoms with van der Waals surface area (Å²) in [5.74, 6) is -1.14. The Labute approximate surface area is 183 Å². The molecule has 2 aliphatic heterocycles. The Kier molecular flexibility index (Phi) is 5.56. The summed E-state index contributed by atoms with van der Waals surface area (Å²) < 4.78 is 32.3. The number of aryl methyl sites for hydroxylation is 1. The van der Waals surface area contributed by atoms with Crippen LogP contribution in [0.4, 0.5) is 14.5 Å². The summed E-state index contributed by atoms with van der Waals surface area (Å²) in [6.45, 7) is -3.04. The lowest BCUT2D eigenvalue weighted by Gasteiger charge is -2.22. The highest BCUT2D eigenvalue weighted by Crippen LogP contribution is 2.40. The molecule has 2 aliphatic rings. The second-order valence-corrected chi connectivity index (χ2v) is 7.68. The number of nitrogens with one attached hydrogen (secondary N) is 1. The van der Waals surface area contributed by atoms with Crippen LogP contribution in [-0.2, 0) is 11.8 Å². The van der Waals surface area contributed by atoms with E-state index in [4.69, 9.17) is 11.6 Å². The summed E-state index contributed by atoms with van der Waals surface area (Å²) in [4.78, 5) is 17.2. The van der Waals surface area contributed by atoms with Gasteiger partial charge in [0.2, 0.25) is 5.91 Å². The second kappa shape index (κ2) is 8.15. The van der Waals surface area contributed by atoms with E-state index < -0.39 is 18.7 Å². The van der Waals surface area contributed by atoms with Gasteiger partial charge in [-0.2, -0.15) is 19.0 Å². The van der Waals surface area contributed by atoms with Crippen molar-refractivity contribution >= 4 is 51.6 Å². The zero-order valence-electron chi connectivity index (χ0n) is 15.3. The number of amides is 1. The molecule has 0 aliphatic carbocycles. The summed E-state index contributed by atoms with van der Waals surface area (Å²) in [6.07, 6.45) is 7.62. The van der Waals surface area contributed by atoms with E-state index in [1.807, 2.05) is 0 Å². The molecule has 2 unspecified atom stereocenters. The molecule has 12 heteroatoms. The Morgan fingerprint density at radius 1 is 1.40 bits per heavy atom. The predicted molar refractivity (Wildman–Crippen MR) is 112 cm³/mol. The van der Waals surface area contributed by atoms with E-state index in [9.17, 15) is 13.6 Å². The smallest absolute Gasteiger partial charge is 0.387 e. The van der Waals surface area contributed by atoms with Crippen molar-refractivity contribution in [3.05, 3.63) is 40.1 Å². The van der Waals surface area contributed by atoms with Gasteiger partial charge in [-0.15, -0.1) is 0 Å². The lowest BCUT2D eigenvalue weighted by atomic mass is 10.1. The quantitative estimate of drug-likeness (QED) is 0.677. The average Bonchev–Trinajstić information content (AvgIpc) is 3.27. The number of ether oxygens (including phenoxy) is 1. The normalized spacial score (nSPS) is 19.5. The number of hydrogen-bond donors (Lipinski definition) is 1. The topological polar surface area (TPSA) is 84.1 Å². The van der Waals surface area contributed by atoms with Gasteiger partial charge in [-0.1, -0.05) is 11.6 Å². The number of aliphatic imine (C=N–C) groups is 1. The SMILES string of the molecule is Cn1cc(NC(=O)C2C=NN3C=CC=NC23)c(-c2cc(Cl)c(Br)cc2OC(F)F)n1. The van der Waals surface area contributed by atoms with Crippen molar-refractivity contribution < 1.29 is 18.3 Å². The maximum Gasteiger partial charge on any atom is 0.387 e. The van der Waals surface area contributed by atoms with E-state index in [1.54, 1.807) is 36.7 Å². The zero-order valence-corrected chi connectivity index (χ0v) is 17.7. The van der Waals surface area contributed by atoms with Gasteiger partial charge in [0.15, 0.2) is 6.17 Å². The minimum Gasteiger partial charge on any atom is -0.434 e. The predicted octanol–water partition coefficient (Wildman–Crippen LogP) is 3.88. The van der Waals surface area contributed by atoms with Gasteiger partial charge >= 0.3 is 6.61 Å². The molecule has 0 bridgehead atoms. The van der Waals surface area contributed by atoms with Gasteiger partial charge < -0.3 is 10.1 Å². The van der Waals surface area contributed by atoms with Crippen molar-refractivity contribution in [1.29, 1.82) is 0 Å². The monoisotopic (exact) mass is 498 g/mol. The molecule has 3 heterocycles. The van der Waals surface area contributed by atoms with Crippen molar-refractivity contribution in [1.82, 2.24) is 14.8 Å². The van der Waals surface area contributed by atoms with E-state index in [-0.39, 0.29) is 27.9 Å². The molecule has 30 heavy (non-hydrogen) atoms. The summed E-state index contributed by atoms with van der Waals surface area (Å²) in [5.41, 5.74) is 0.747. The standard InChI is InChI=1S/C18H14BrClF2N6O2/c1-27-8-13(25-17(29)10-7-24-28-4-2-3-23-16(10)28)15(26-27)9-5-12(20)11(19)6-14(9)30-18(21)22/h2-8,10,16,18H,1H3,(H,25,29). The summed E-state index contributed by atoms with van der Waals surface area (Å²) in [5, 5.41) is 13.1. The van der Waals surface area contributed by atoms with Crippen LogP contribution < -0.4 is 10.1 Å². The van der Waals surface area contributed by atoms with Gasteiger partial charge in [0.25, 0.3) is 0 Å². The fourth-order valence-corrected chi connectivity index (χ4v) is 3.60. The van der Waals surface area contributed by atoms with Crippen LogP contribution in [0.5, 0.6) is 5.75 Å². The number of rotatable bonds is 5. The lowest BCUT2D eigenvalue weighted by molar-refractivity contribution is -0.118. The first-order valence-electron chi connectivity index (χ1n) is 8.64. The first-order valence-corrected chi connectivity index (χ1v) is 9.81. The molecule has 1 aromatic carbocycles. The van der Waals surface area contributed by atoms with Crippen LogP contribution in [0.2, 0.25) is 5.02 Å². The molecule has 1 aromatic heterocycles. The molecule has 156 valence electrons. The molecule has 1 amide bonds. The summed E-state index contributed by atoms with van der Waals surface area (Å²) in [6, 6.07) is 2.77. The van der Waals surface area contributed by atoms with E-state index in [2.05, 4.69) is 41.2 Å². The highest BCUT2D eigenvalue weighted by molar-refractivity contribution is 9.10. The number of carbonyl (C=O) groups excluding carboxylic acids is 1. The number of hydrazone groups is 1. The third-order valence-electron chi connectivity index (χ3n) is 4.40. The number of allylic oxidation sites excluding steroid dienone is 1. The molecular weight excluding hydrogens is 486 g/mol. The van der Waals surface area contributed by atoms with E-state index in [1.165, 1.54) is 23.0 Å². The molecular formula is C18H14BrClF2N6O2. The molecule has 2 aromatic rings. The summed E-state index contributed by atoms with van der Waals surface area (Å²) in [7, 11) is 1.64. The highest BCUT2D eigenvalue weighted by Gasteiger charge is 2.36. The van der Waals surface area contributed by atoms with Gasteiger partial charge in [0.05, 0.1) is 10.7 Å². The van der Waals surface area contributed by atoms with Crippen molar-refractivity contribution in [2.24, 2.45) is 23.1 Å². The number of benzene rings is 1. The molecule has 0 saturated carbocycles. The summed E-state index contributed by atoms with van der Waals surface area (Å²) >= 11 is 9.35. The van der Waals surface area contributed by atoms with Crippen molar-refractivity contribution in [3.8, 4) is 17.0 Å². The van der Waals surface area contributed by atoms with Crippen LogP contribution in [0.1, 0.15) is 0 Å². The molecule has 1 N–H and O–H groups in total. The first kappa shape index (κ1) is 20.5. The molecule has 8 nitrogen and oxygen atoms in total. The molecule has 0 radical (unpaired) electrons. The molecule has 0 spiro atoms. The molecule has 0 fully saturated rings. The number of carbonyl (C=O) groups is 1. The Hall–Kier alpha value is -2.79. The fourth-order valence-electron chi connectivity index (χ4n) is 3.12. The lowest BCUT2D eigenvalue weighted by Crippen LogP contribution is -2.36. The van der Waals surface area contributed by atoms with Gasteiger partial charge in [0, 0.05) is 41.9 Å². The average molecular weight is 500 g/mol. The Balaban J connectivity index is 1.66. The third kappa shape index (κ3) is 3.94. The Morgan fingerprint density at radius 2 is 2.20 bits per heavy atom. The minimum absolute atomic E-state index is 0.133. The van der Waals surface area contributed by atoms with Crippen molar-refractivity contribution in [2.45, 2.75) is 12.8 Å². The van der Waals surface area contributed by atoms with E-state index >= 15 is 0 Å². The highest BCUT2D eigenvalue weighted by atomic mass is 79.9. The maximum atomic E-state index is 12.9. The third-order valence-corrected chi connectivity index (χ3v) is 5.60. The fraction of sp³-hybridized carbons (Fsp3) is 0.222. The van der Waals surface area contributed by atoms with Crippen molar-refractivity contribution in [3.63, 3.8) is 0 Å². The van der Waals surface area contributed by atoms with Gasteiger partial charge in [-0.25, -0.2) is 5.01 Å². The number of nitrogens with zero attached hydrogens (tertiary/aromatic N) is 5. The van der Waals surface area contributed by atoms with Gasteiger partial charge in [-0.05, 0) is 34.1 Å². The van der Waals surface area contributed by atoms with Crippen LogP contribution in [0, 0.1) is 5.92 Å². The maximum absolute atomic E-state index is 12.9. The van der Waals surface area contributed by atoms with Crippen LogP contribution in [0.25, 0.3) is 11.3 Å². The number of hydrogen-bond acceptors (Lipinski definition) is 6. The van der Waals surface area contributed by atoms with Crippen LogP contribution in [0.15, 0.2) is 45.2 Å². The molecule has 2 atom stereocenters. The number of anilines is 1. The largest absolute Gasteiger partial charge is 0.434 e. The number of aromatic nitrogens is 2. The Bertz CT molecular complexity index is 1090. The number of fused-ring (bicyclic) bond motifs is 1. The Morgan fingerprint density at radius 3 is 2.97 bits per heavy atom. The van der Waals surface area contributed by atoms with Crippen LogP contribution in [0.3, 0.4) is 0 Å². The molecule has 4 rings (SSSR count).